The third-order valence-electron chi connectivity index (χ3n) is 5.18. The molecule has 0 radical (unpaired) electrons. The van der Waals surface area contributed by atoms with E-state index in [1.165, 1.54) is 28.6 Å². The fraction of sp³-hybridized carbons (Fsp3) is 0.350. The van der Waals surface area contributed by atoms with Gasteiger partial charge < -0.3 is 10.4 Å². The van der Waals surface area contributed by atoms with Crippen LogP contribution in [-0.4, -0.2) is 41.8 Å². The van der Waals surface area contributed by atoms with Crippen LogP contribution in [0.5, 0.6) is 0 Å². The Morgan fingerprint density at radius 2 is 1.97 bits per heavy atom. The van der Waals surface area contributed by atoms with Gasteiger partial charge in [0.05, 0.1) is 15.4 Å². The van der Waals surface area contributed by atoms with E-state index in [1.807, 2.05) is 6.92 Å². The lowest BCUT2D eigenvalue weighted by Gasteiger charge is -2.30. The van der Waals surface area contributed by atoms with Crippen LogP contribution in [0.1, 0.15) is 35.7 Å². The van der Waals surface area contributed by atoms with E-state index >= 15 is 0 Å². The van der Waals surface area contributed by atoms with Gasteiger partial charge in [0.25, 0.3) is 5.69 Å². The minimum Gasteiger partial charge on any atom is -0.478 e. The molecule has 0 saturated carbocycles. The Morgan fingerprint density at radius 3 is 2.60 bits per heavy atom. The topological polar surface area (TPSA) is 130 Å². The van der Waals surface area contributed by atoms with E-state index < -0.39 is 26.6 Å². The number of sulfonamides is 1. The van der Waals surface area contributed by atoms with Crippen molar-refractivity contribution in [3.63, 3.8) is 0 Å². The predicted octanol–water partition coefficient (Wildman–Crippen LogP) is 3.77. The maximum Gasteiger partial charge on any atom is 0.335 e. The molecule has 0 amide bonds. The van der Waals surface area contributed by atoms with Gasteiger partial charge in [-0.1, -0.05) is 13.0 Å². The molecule has 1 atom stereocenters. The Hall–Kier alpha value is -2.98. The molecule has 1 aliphatic rings. The fourth-order valence-corrected chi connectivity index (χ4v) is 5.10. The SMILES string of the molecule is Cc1ccc(C(=O)O)cc1Nc1ccc(S(=O)(=O)N2CCC[C@@H](C)C2)cc1[N+](=O)[O-]. The van der Waals surface area contributed by atoms with Crippen molar-refractivity contribution in [3.8, 4) is 0 Å². The van der Waals surface area contributed by atoms with Gasteiger partial charge in [-0.25, -0.2) is 13.2 Å². The van der Waals surface area contributed by atoms with E-state index in [0.29, 0.717) is 24.3 Å². The second-order valence-electron chi connectivity index (χ2n) is 7.51. The highest BCUT2D eigenvalue weighted by Gasteiger charge is 2.30. The van der Waals surface area contributed by atoms with E-state index in [-0.39, 0.29) is 22.1 Å². The van der Waals surface area contributed by atoms with Gasteiger partial charge in [-0.2, -0.15) is 4.31 Å². The van der Waals surface area contributed by atoms with Gasteiger partial charge in [0.2, 0.25) is 10.0 Å². The van der Waals surface area contributed by atoms with Crippen molar-refractivity contribution < 1.29 is 23.2 Å². The van der Waals surface area contributed by atoms with Gasteiger partial charge in [-0.3, -0.25) is 10.1 Å². The highest BCUT2D eigenvalue weighted by molar-refractivity contribution is 7.89. The molecule has 0 aliphatic carbocycles. The molecule has 2 N–H and O–H groups in total. The Morgan fingerprint density at radius 1 is 1.23 bits per heavy atom. The first-order valence-electron chi connectivity index (χ1n) is 9.49. The van der Waals surface area contributed by atoms with Gasteiger partial charge in [-0.05, 0) is 55.5 Å². The molecule has 0 aromatic heterocycles. The normalized spacial score (nSPS) is 17.5. The maximum atomic E-state index is 13.0. The van der Waals surface area contributed by atoms with Crippen molar-refractivity contribution in [2.75, 3.05) is 18.4 Å². The molecule has 0 unspecified atom stereocenters. The number of rotatable bonds is 6. The molecule has 1 fully saturated rings. The number of carboxylic acid groups (broad SMARTS) is 1. The van der Waals surface area contributed by atoms with E-state index in [9.17, 15) is 28.4 Å². The Balaban J connectivity index is 1.98. The molecule has 9 nitrogen and oxygen atoms in total. The van der Waals surface area contributed by atoms with Crippen LogP contribution in [0, 0.1) is 23.0 Å². The lowest BCUT2D eigenvalue weighted by molar-refractivity contribution is -0.384. The van der Waals surface area contributed by atoms with Crippen molar-refractivity contribution in [1.82, 2.24) is 4.31 Å². The molecule has 1 heterocycles. The number of benzene rings is 2. The van der Waals surface area contributed by atoms with Crippen molar-refractivity contribution in [1.29, 1.82) is 0 Å². The van der Waals surface area contributed by atoms with Crippen LogP contribution in [-0.2, 0) is 10.0 Å². The number of carbonyl (C=O) groups is 1. The van der Waals surface area contributed by atoms with E-state index in [4.69, 9.17) is 0 Å². The van der Waals surface area contributed by atoms with Gasteiger partial charge in [0, 0.05) is 24.8 Å². The molecule has 0 bridgehead atoms. The van der Waals surface area contributed by atoms with Crippen LogP contribution in [0.4, 0.5) is 17.1 Å². The third kappa shape index (κ3) is 4.44. The Labute approximate surface area is 174 Å². The molecule has 10 heteroatoms. The Bertz CT molecular complexity index is 1100. The second-order valence-corrected chi connectivity index (χ2v) is 9.44. The second kappa shape index (κ2) is 8.41. The van der Waals surface area contributed by atoms with E-state index in [2.05, 4.69) is 5.32 Å². The van der Waals surface area contributed by atoms with Crippen LogP contribution in [0.3, 0.4) is 0 Å². The van der Waals surface area contributed by atoms with Gasteiger partial charge in [-0.15, -0.1) is 0 Å². The zero-order chi connectivity index (χ0) is 22.1. The number of nitro groups is 1. The number of hydrogen-bond acceptors (Lipinski definition) is 6. The molecule has 30 heavy (non-hydrogen) atoms. The van der Waals surface area contributed by atoms with E-state index in [0.717, 1.165) is 18.9 Å². The first kappa shape index (κ1) is 21.7. The average Bonchev–Trinajstić information content (AvgIpc) is 2.69. The highest BCUT2D eigenvalue weighted by atomic mass is 32.2. The summed E-state index contributed by atoms with van der Waals surface area (Å²) in [5.74, 6) is -0.890. The lowest BCUT2D eigenvalue weighted by Crippen LogP contribution is -2.39. The quantitative estimate of drug-likeness (QED) is 0.524. The summed E-state index contributed by atoms with van der Waals surface area (Å²) in [6, 6.07) is 8.13. The molecular formula is C20H23N3O6S. The number of nitrogens with one attached hydrogen (secondary N) is 1. The summed E-state index contributed by atoms with van der Waals surface area (Å²) in [6.07, 6.45) is 1.70. The summed E-state index contributed by atoms with van der Waals surface area (Å²) in [7, 11) is -3.84. The smallest absolute Gasteiger partial charge is 0.335 e. The average molecular weight is 433 g/mol. The van der Waals surface area contributed by atoms with Crippen LogP contribution < -0.4 is 5.32 Å². The number of nitrogens with zero attached hydrogens (tertiary/aromatic N) is 2. The van der Waals surface area contributed by atoms with Crippen LogP contribution >= 0.6 is 0 Å². The standard InChI is InChI=1S/C20H23N3O6S/c1-13-4-3-9-22(12-13)30(28,29)16-7-8-17(19(11-16)23(26)27)21-18-10-15(20(24)25)6-5-14(18)2/h5-8,10-11,13,21H,3-4,9,12H2,1-2H3,(H,24,25)/t13-/m1/s1. The lowest BCUT2D eigenvalue weighted by atomic mass is 10.0. The number of nitro benzene ring substituents is 1. The zero-order valence-electron chi connectivity index (χ0n) is 16.7. The fourth-order valence-electron chi connectivity index (χ4n) is 3.48. The van der Waals surface area contributed by atoms with Crippen molar-refractivity contribution in [2.24, 2.45) is 5.92 Å². The number of carboxylic acids is 1. The van der Waals surface area contributed by atoms with Crippen molar-refractivity contribution >= 4 is 33.1 Å². The molecule has 160 valence electrons. The summed E-state index contributed by atoms with van der Waals surface area (Å²) in [4.78, 5) is 22.1. The van der Waals surface area contributed by atoms with Gasteiger partial charge >= 0.3 is 5.97 Å². The van der Waals surface area contributed by atoms with Crippen LogP contribution in [0.2, 0.25) is 0 Å². The maximum absolute atomic E-state index is 13.0. The summed E-state index contributed by atoms with van der Waals surface area (Å²) in [5, 5.41) is 23.7. The molecular weight excluding hydrogens is 410 g/mol. The number of anilines is 2. The molecule has 3 rings (SSSR count). The van der Waals surface area contributed by atoms with Gasteiger partial charge in [0.1, 0.15) is 5.69 Å². The number of aromatic carboxylic acids is 1. The summed E-state index contributed by atoms with van der Waals surface area (Å²) >= 11 is 0. The van der Waals surface area contributed by atoms with Crippen LogP contribution in [0.25, 0.3) is 0 Å². The molecule has 0 spiro atoms. The highest BCUT2D eigenvalue weighted by Crippen LogP contribution is 2.33. The molecule has 2 aromatic carbocycles. The first-order chi connectivity index (χ1) is 14.1. The number of piperidine rings is 1. The zero-order valence-corrected chi connectivity index (χ0v) is 17.5. The van der Waals surface area contributed by atoms with Crippen LogP contribution in [0.15, 0.2) is 41.3 Å². The van der Waals surface area contributed by atoms with E-state index in [1.54, 1.807) is 13.0 Å². The number of hydrogen-bond donors (Lipinski definition) is 2. The third-order valence-corrected chi connectivity index (χ3v) is 7.04. The number of aryl methyl sites for hydroxylation is 1. The monoisotopic (exact) mass is 433 g/mol. The van der Waals surface area contributed by atoms with Gasteiger partial charge in [0.15, 0.2) is 0 Å². The first-order valence-corrected chi connectivity index (χ1v) is 10.9. The summed E-state index contributed by atoms with van der Waals surface area (Å²) in [5.41, 5.74) is 0.786. The van der Waals surface area contributed by atoms with Crippen molar-refractivity contribution in [2.45, 2.75) is 31.6 Å². The summed E-state index contributed by atoms with van der Waals surface area (Å²) < 4.78 is 27.3. The van der Waals surface area contributed by atoms with Crippen molar-refractivity contribution in [3.05, 3.63) is 57.6 Å². The molecule has 1 saturated heterocycles. The largest absolute Gasteiger partial charge is 0.478 e. The minimum atomic E-state index is -3.84. The Kier molecular flexibility index (Phi) is 6.09. The molecule has 1 aliphatic heterocycles. The molecule has 2 aromatic rings. The summed E-state index contributed by atoms with van der Waals surface area (Å²) in [6.45, 7) is 4.49. The minimum absolute atomic E-state index is 0.0316. The predicted molar refractivity (Wildman–Crippen MR) is 112 cm³/mol.